The van der Waals surface area contributed by atoms with E-state index >= 15 is 0 Å². The summed E-state index contributed by atoms with van der Waals surface area (Å²) in [7, 11) is 1.49. The lowest BCUT2D eigenvalue weighted by Crippen LogP contribution is -2.43. The Balaban J connectivity index is 2.64. The van der Waals surface area contributed by atoms with Gasteiger partial charge in [-0.1, -0.05) is 59.6 Å². The second-order valence-electron chi connectivity index (χ2n) is 9.96. The van der Waals surface area contributed by atoms with Crippen molar-refractivity contribution in [2.24, 2.45) is 0 Å². The third kappa shape index (κ3) is 7.26. The van der Waals surface area contributed by atoms with E-state index in [0.717, 1.165) is 43.3 Å². The van der Waals surface area contributed by atoms with Crippen LogP contribution in [0.3, 0.4) is 0 Å². The van der Waals surface area contributed by atoms with E-state index in [1.165, 1.54) is 0 Å². The molecule has 0 fully saturated rings. The van der Waals surface area contributed by atoms with Crippen molar-refractivity contribution in [1.29, 1.82) is 0 Å². The minimum Gasteiger partial charge on any atom is -0.496 e. The Bertz CT molecular complexity index is 1120. The molecular weight excluding hydrogens is 591 g/mol. The smallest absolute Gasteiger partial charge is 0.146 e. The van der Waals surface area contributed by atoms with E-state index in [1.807, 2.05) is 50.3 Å². The van der Waals surface area contributed by atoms with Crippen LogP contribution in [-0.2, 0) is 0 Å². The molecule has 0 aliphatic carbocycles. The molecule has 0 radical (unpaired) electrons. The van der Waals surface area contributed by atoms with Gasteiger partial charge < -0.3 is 18.9 Å². The fourth-order valence-electron chi connectivity index (χ4n) is 5.16. The maximum absolute atomic E-state index is 6.07. The molecule has 2 rings (SSSR count). The molecule has 0 atom stereocenters. The Labute approximate surface area is 239 Å². The van der Waals surface area contributed by atoms with E-state index in [1.54, 1.807) is 14.2 Å². The van der Waals surface area contributed by atoms with Gasteiger partial charge in [-0.25, -0.2) is 0 Å². The van der Waals surface area contributed by atoms with E-state index in [2.05, 4.69) is 75.6 Å². The van der Waals surface area contributed by atoms with Crippen molar-refractivity contribution >= 4 is 42.8 Å². The predicted molar refractivity (Wildman–Crippen MR) is 168 cm³/mol. The minimum absolute atomic E-state index is 0.560. The summed E-state index contributed by atoms with van der Waals surface area (Å²) in [5.41, 5.74) is 8.22. The van der Waals surface area contributed by atoms with Gasteiger partial charge in [0.2, 0.25) is 0 Å². The van der Waals surface area contributed by atoms with Crippen LogP contribution in [0.2, 0.25) is 16.6 Å². The van der Waals surface area contributed by atoms with Gasteiger partial charge in [-0.3, -0.25) is 0 Å². The fraction of sp³-hybridized carbons (Fsp3) is 0.484. The summed E-state index contributed by atoms with van der Waals surface area (Å²) >= 11 is 2.26. The molecule has 0 aliphatic rings. The van der Waals surface area contributed by atoms with Crippen molar-refractivity contribution in [2.75, 3.05) is 27.4 Å². The summed E-state index contributed by atoms with van der Waals surface area (Å²) in [6.07, 6.45) is 4.05. The van der Waals surface area contributed by atoms with E-state index in [4.69, 9.17) is 18.9 Å². The van der Waals surface area contributed by atoms with Crippen molar-refractivity contribution in [1.82, 2.24) is 0 Å². The molecule has 0 saturated heterocycles. The zero-order valence-electron chi connectivity index (χ0n) is 24.1. The van der Waals surface area contributed by atoms with Crippen LogP contribution in [0.5, 0.6) is 23.0 Å². The van der Waals surface area contributed by atoms with Crippen LogP contribution < -0.4 is 18.9 Å². The molecule has 0 spiro atoms. The van der Waals surface area contributed by atoms with Crippen LogP contribution in [0.25, 0.3) is 12.2 Å². The van der Waals surface area contributed by atoms with Gasteiger partial charge in [-0.05, 0) is 71.3 Å². The quantitative estimate of drug-likeness (QED) is 0.107. The van der Waals surface area contributed by atoms with E-state index in [0.29, 0.717) is 29.8 Å². The summed E-state index contributed by atoms with van der Waals surface area (Å²) in [6, 6.07) is 8.03. The fourth-order valence-corrected chi connectivity index (χ4v) is 11.0. The standard InChI is InChI=1S/C31H43IO4Si/c1-11-35-29-18-24(13-14-25-19-31(34-10)27(32)20-30(25)36-12-2)28(33-9)17-26(29)15-16-37(21(3)4,22(5)6)23(7)8/h13-14,17-23H,11-12H2,1-10H3/b14-13+. The van der Waals surface area contributed by atoms with Crippen molar-refractivity contribution in [3.63, 3.8) is 0 Å². The molecule has 2 aromatic carbocycles. The first kappa shape index (κ1) is 31.1. The summed E-state index contributed by atoms with van der Waals surface area (Å²) in [6.45, 7) is 19.1. The van der Waals surface area contributed by atoms with Crippen LogP contribution >= 0.6 is 22.6 Å². The highest BCUT2D eigenvalue weighted by Gasteiger charge is 2.41. The Morgan fingerprint density at radius 2 is 1.22 bits per heavy atom. The number of hydrogen-bond acceptors (Lipinski definition) is 4. The molecule has 6 heteroatoms. The van der Waals surface area contributed by atoms with Gasteiger partial charge >= 0.3 is 0 Å². The van der Waals surface area contributed by atoms with Crippen LogP contribution in [0, 0.1) is 15.0 Å². The number of hydrogen-bond donors (Lipinski definition) is 0. The maximum Gasteiger partial charge on any atom is 0.146 e. The number of halogens is 1. The first-order chi connectivity index (χ1) is 17.5. The molecule has 0 aromatic heterocycles. The molecule has 0 aliphatic heterocycles. The van der Waals surface area contributed by atoms with Crippen molar-refractivity contribution in [3.8, 4) is 34.5 Å². The Morgan fingerprint density at radius 1 is 0.730 bits per heavy atom. The third-order valence-electron chi connectivity index (χ3n) is 6.94. The SMILES string of the molecule is CCOc1cc(/C=C/c2cc(OC)c(I)cc2OCC)c(OC)cc1C#C[Si](C(C)C)(C(C)C)C(C)C. The third-order valence-corrected chi connectivity index (χ3v) is 14.1. The normalized spacial score (nSPS) is 11.7. The molecule has 202 valence electrons. The monoisotopic (exact) mass is 634 g/mol. The lowest BCUT2D eigenvalue weighted by molar-refractivity contribution is 0.337. The van der Waals surface area contributed by atoms with Gasteiger partial charge in [0.25, 0.3) is 0 Å². The topological polar surface area (TPSA) is 36.9 Å². The maximum atomic E-state index is 6.07. The van der Waals surface area contributed by atoms with Crippen molar-refractivity contribution in [2.45, 2.75) is 72.0 Å². The number of benzene rings is 2. The average molecular weight is 635 g/mol. The second-order valence-corrected chi connectivity index (χ2v) is 16.7. The molecule has 0 amide bonds. The highest BCUT2D eigenvalue weighted by molar-refractivity contribution is 14.1. The second kappa shape index (κ2) is 14.2. The predicted octanol–water partition coefficient (Wildman–Crippen LogP) is 8.85. The summed E-state index contributed by atoms with van der Waals surface area (Å²) in [5, 5.41) is 0. The average Bonchev–Trinajstić information content (AvgIpc) is 2.84. The highest BCUT2D eigenvalue weighted by Crippen LogP contribution is 2.41. The summed E-state index contributed by atoms with van der Waals surface area (Å²) in [5.74, 6) is 6.71. The van der Waals surface area contributed by atoms with Gasteiger partial charge in [-0.2, -0.15) is 0 Å². The van der Waals surface area contributed by atoms with Gasteiger partial charge in [-0.15, -0.1) is 5.54 Å². The number of methoxy groups -OCH3 is 2. The molecule has 0 saturated carbocycles. The van der Waals surface area contributed by atoms with E-state index < -0.39 is 8.07 Å². The molecule has 0 unspecified atom stereocenters. The van der Waals surface area contributed by atoms with Gasteiger partial charge in [0.15, 0.2) is 0 Å². The van der Waals surface area contributed by atoms with Crippen LogP contribution in [0.15, 0.2) is 24.3 Å². The first-order valence-electron chi connectivity index (χ1n) is 13.1. The molecule has 0 N–H and O–H groups in total. The molecule has 37 heavy (non-hydrogen) atoms. The molecular formula is C31H43IO4Si. The van der Waals surface area contributed by atoms with Gasteiger partial charge in [0, 0.05) is 17.2 Å². The number of ether oxygens (including phenoxy) is 4. The largest absolute Gasteiger partial charge is 0.496 e. The van der Waals surface area contributed by atoms with Gasteiger partial charge in [0.1, 0.15) is 31.1 Å². The lowest BCUT2D eigenvalue weighted by Gasteiger charge is -2.38. The van der Waals surface area contributed by atoms with Gasteiger partial charge in [0.05, 0.1) is 36.6 Å². The summed E-state index contributed by atoms with van der Waals surface area (Å²) in [4.78, 5) is 0. The van der Waals surface area contributed by atoms with E-state index in [-0.39, 0.29) is 0 Å². The molecule has 0 bridgehead atoms. The Morgan fingerprint density at radius 3 is 1.70 bits per heavy atom. The molecule has 4 nitrogen and oxygen atoms in total. The van der Waals surface area contributed by atoms with Crippen LogP contribution in [0.4, 0.5) is 0 Å². The molecule has 2 aromatic rings. The van der Waals surface area contributed by atoms with Crippen LogP contribution in [-0.4, -0.2) is 35.5 Å². The zero-order valence-corrected chi connectivity index (χ0v) is 27.3. The molecule has 0 heterocycles. The van der Waals surface area contributed by atoms with Crippen LogP contribution in [0.1, 0.15) is 72.1 Å². The highest BCUT2D eigenvalue weighted by atomic mass is 127. The Kier molecular flexibility index (Phi) is 11.9. The van der Waals surface area contributed by atoms with E-state index in [9.17, 15) is 0 Å². The van der Waals surface area contributed by atoms with Crippen molar-refractivity contribution < 1.29 is 18.9 Å². The first-order valence-corrected chi connectivity index (χ1v) is 16.4. The zero-order chi connectivity index (χ0) is 27.8. The lowest BCUT2D eigenvalue weighted by atomic mass is 10.1. The minimum atomic E-state index is -1.88. The Hall–Kier alpha value is -2.11. The number of rotatable bonds is 11. The summed E-state index contributed by atoms with van der Waals surface area (Å²) < 4.78 is 24.3. The van der Waals surface area contributed by atoms with Crippen molar-refractivity contribution in [3.05, 3.63) is 44.5 Å².